The monoisotopic (exact) mass is 222 g/mol. The molecule has 1 heterocycles. The van der Waals surface area contributed by atoms with E-state index in [4.69, 9.17) is 5.11 Å². The maximum Gasteiger partial charge on any atom is 0.171 e. The first kappa shape index (κ1) is 12.4. The summed E-state index contributed by atoms with van der Waals surface area (Å²) in [7, 11) is 0. The first-order valence-electron chi connectivity index (χ1n) is 4.95. The van der Waals surface area contributed by atoms with Gasteiger partial charge in [-0.25, -0.2) is 9.37 Å². The lowest BCUT2D eigenvalue weighted by Gasteiger charge is -2.21. The predicted molar refractivity (Wildman–Crippen MR) is 62.7 cm³/mol. The quantitative estimate of drug-likeness (QED) is 0.747. The number of halogens is 1. The third kappa shape index (κ3) is 2.67. The van der Waals surface area contributed by atoms with Crippen LogP contribution in [0.3, 0.4) is 0 Å². The Labute approximate surface area is 94.5 Å². The molecule has 0 aliphatic rings. The molecule has 0 spiro atoms. The molecule has 0 saturated carbocycles. The predicted octanol–water partition coefficient (Wildman–Crippen LogP) is 1.89. The minimum atomic E-state index is -0.492. The Morgan fingerprint density at radius 3 is 2.50 bits per heavy atom. The lowest BCUT2D eigenvalue weighted by atomic mass is 10.2. The molecule has 1 aromatic heterocycles. The Kier molecular flexibility index (Phi) is 4.66. The Morgan fingerprint density at radius 1 is 1.38 bits per heavy atom. The standard InChI is InChI=1S/C12H15FN2O/c1-3-7-15(8-4-2)12-11(13)10(9-16)5-6-14-12/h3-6,16H,1-2,7-9H2. The third-order valence-corrected chi connectivity index (χ3v) is 2.12. The highest BCUT2D eigenvalue weighted by Gasteiger charge is 2.13. The molecule has 0 aliphatic carbocycles. The van der Waals surface area contributed by atoms with Gasteiger partial charge in [-0.15, -0.1) is 13.2 Å². The van der Waals surface area contributed by atoms with Gasteiger partial charge >= 0.3 is 0 Å². The highest BCUT2D eigenvalue weighted by atomic mass is 19.1. The number of anilines is 1. The summed E-state index contributed by atoms with van der Waals surface area (Å²) >= 11 is 0. The molecule has 0 atom stereocenters. The molecular weight excluding hydrogens is 207 g/mol. The molecule has 86 valence electrons. The van der Waals surface area contributed by atoms with Gasteiger partial charge in [0.1, 0.15) is 0 Å². The zero-order valence-corrected chi connectivity index (χ0v) is 9.06. The number of hydrogen-bond donors (Lipinski definition) is 1. The van der Waals surface area contributed by atoms with Gasteiger partial charge in [-0.3, -0.25) is 0 Å². The van der Waals surface area contributed by atoms with Gasteiger partial charge in [-0.1, -0.05) is 12.2 Å². The molecule has 0 aromatic carbocycles. The number of hydrogen-bond acceptors (Lipinski definition) is 3. The van der Waals surface area contributed by atoms with Crippen LogP contribution in [0.5, 0.6) is 0 Å². The van der Waals surface area contributed by atoms with Gasteiger partial charge < -0.3 is 10.0 Å². The van der Waals surface area contributed by atoms with Gasteiger partial charge in [0.05, 0.1) is 6.61 Å². The molecular formula is C12H15FN2O. The SMILES string of the molecule is C=CCN(CC=C)c1nccc(CO)c1F. The van der Waals surface area contributed by atoms with Crippen LogP contribution in [0.2, 0.25) is 0 Å². The van der Waals surface area contributed by atoms with Gasteiger partial charge in [0.2, 0.25) is 0 Å². The fourth-order valence-corrected chi connectivity index (χ4v) is 1.37. The molecule has 0 amide bonds. The van der Waals surface area contributed by atoms with E-state index < -0.39 is 5.82 Å². The average molecular weight is 222 g/mol. The van der Waals surface area contributed by atoms with Crippen LogP contribution in [0.4, 0.5) is 10.2 Å². The molecule has 0 saturated heterocycles. The number of nitrogens with zero attached hydrogens (tertiary/aromatic N) is 2. The maximum atomic E-state index is 13.8. The van der Waals surface area contributed by atoms with Gasteiger partial charge in [0.25, 0.3) is 0 Å². The van der Waals surface area contributed by atoms with E-state index in [1.54, 1.807) is 17.1 Å². The molecule has 0 aliphatic heterocycles. The van der Waals surface area contributed by atoms with E-state index in [0.717, 1.165) is 0 Å². The summed E-state index contributed by atoms with van der Waals surface area (Å²) < 4.78 is 13.8. The largest absolute Gasteiger partial charge is 0.392 e. The first-order valence-corrected chi connectivity index (χ1v) is 4.95. The smallest absolute Gasteiger partial charge is 0.171 e. The maximum absolute atomic E-state index is 13.8. The molecule has 1 N–H and O–H groups in total. The summed E-state index contributed by atoms with van der Waals surface area (Å²) in [4.78, 5) is 5.66. The lowest BCUT2D eigenvalue weighted by Crippen LogP contribution is -2.25. The molecule has 0 bridgehead atoms. The molecule has 16 heavy (non-hydrogen) atoms. The van der Waals surface area contributed by atoms with Crippen LogP contribution >= 0.6 is 0 Å². The van der Waals surface area contributed by atoms with Crippen molar-refractivity contribution in [3.8, 4) is 0 Å². The van der Waals surface area contributed by atoms with E-state index in [2.05, 4.69) is 18.1 Å². The van der Waals surface area contributed by atoms with Crippen LogP contribution in [0.25, 0.3) is 0 Å². The van der Waals surface area contributed by atoms with Crippen LogP contribution in [-0.2, 0) is 6.61 Å². The normalized spacial score (nSPS) is 9.88. The minimum Gasteiger partial charge on any atom is -0.392 e. The Morgan fingerprint density at radius 2 is 2.00 bits per heavy atom. The number of rotatable bonds is 6. The fourth-order valence-electron chi connectivity index (χ4n) is 1.37. The van der Waals surface area contributed by atoms with Crippen LogP contribution in [-0.4, -0.2) is 23.2 Å². The van der Waals surface area contributed by atoms with Crippen molar-refractivity contribution in [2.45, 2.75) is 6.61 Å². The van der Waals surface area contributed by atoms with Gasteiger partial charge in [-0.05, 0) is 6.07 Å². The second kappa shape index (κ2) is 6.02. The van der Waals surface area contributed by atoms with Crippen molar-refractivity contribution < 1.29 is 9.50 Å². The van der Waals surface area contributed by atoms with Crippen molar-refractivity contribution >= 4 is 5.82 Å². The van der Waals surface area contributed by atoms with E-state index in [1.807, 2.05) is 0 Å². The summed E-state index contributed by atoms with van der Waals surface area (Å²) in [6.07, 6.45) is 4.80. The zero-order valence-electron chi connectivity index (χ0n) is 9.06. The van der Waals surface area contributed by atoms with Crippen molar-refractivity contribution in [2.24, 2.45) is 0 Å². The second-order valence-corrected chi connectivity index (χ2v) is 3.25. The van der Waals surface area contributed by atoms with E-state index in [1.165, 1.54) is 12.3 Å². The Bertz CT molecular complexity index is 369. The van der Waals surface area contributed by atoms with Crippen molar-refractivity contribution in [3.63, 3.8) is 0 Å². The average Bonchev–Trinajstić information content (AvgIpc) is 2.29. The Hall–Kier alpha value is -1.68. The van der Waals surface area contributed by atoms with Crippen LogP contribution in [0, 0.1) is 5.82 Å². The van der Waals surface area contributed by atoms with Crippen molar-refractivity contribution in [2.75, 3.05) is 18.0 Å². The van der Waals surface area contributed by atoms with Gasteiger partial charge in [0, 0.05) is 24.8 Å². The van der Waals surface area contributed by atoms with Crippen LogP contribution in [0.1, 0.15) is 5.56 Å². The van der Waals surface area contributed by atoms with Crippen LogP contribution in [0.15, 0.2) is 37.6 Å². The topological polar surface area (TPSA) is 36.4 Å². The number of aliphatic hydroxyl groups excluding tert-OH is 1. The summed E-state index contributed by atoms with van der Waals surface area (Å²) in [6.45, 7) is 7.83. The molecule has 4 heteroatoms. The minimum absolute atomic E-state index is 0.214. The summed E-state index contributed by atoms with van der Waals surface area (Å²) in [5.41, 5.74) is 0.239. The van der Waals surface area contributed by atoms with Crippen molar-refractivity contribution in [3.05, 3.63) is 49.0 Å². The van der Waals surface area contributed by atoms with E-state index in [0.29, 0.717) is 13.1 Å². The highest BCUT2D eigenvalue weighted by molar-refractivity contribution is 5.44. The number of pyridine rings is 1. The van der Waals surface area contributed by atoms with Crippen molar-refractivity contribution in [1.82, 2.24) is 4.98 Å². The molecule has 1 aromatic rings. The molecule has 0 unspecified atom stereocenters. The van der Waals surface area contributed by atoms with Crippen LogP contribution < -0.4 is 4.90 Å². The fraction of sp³-hybridized carbons (Fsp3) is 0.250. The van der Waals surface area contributed by atoms with E-state index in [-0.39, 0.29) is 18.0 Å². The second-order valence-electron chi connectivity index (χ2n) is 3.25. The summed E-state index contributed by atoms with van der Waals surface area (Å²) in [5, 5.41) is 8.96. The highest BCUT2D eigenvalue weighted by Crippen LogP contribution is 2.19. The first-order chi connectivity index (χ1) is 7.74. The van der Waals surface area contributed by atoms with Gasteiger partial charge in [-0.2, -0.15) is 0 Å². The number of aliphatic hydroxyl groups is 1. The van der Waals surface area contributed by atoms with E-state index in [9.17, 15) is 4.39 Å². The van der Waals surface area contributed by atoms with Crippen molar-refractivity contribution in [1.29, 1.82) is 0 Å². The Balaban J connectivity index is 3.07. The summed E-state index contributed by atoms with van der Waals surface area (Å²) in [5.74, 6) is -0.278. The molecule has 0 radical (unpaired) electrons. The number of aromatic nitrogens is 1. The molecule has 1 rings (SSSR count). The zero-order chi connectivity index (χ0) is 12.0. The lowest BCUT2D eigenvalue weighted by molar-refractivity contribution is 0.275. The van der Waals surface area contributed by atoms with E-state index >= 15 is 0 Å². The molecule has 0 fully saturated rings. The molecule has 3 nitrogen and oxygen atoms in total. The summed E-state index contributed by atoms with van der Waals surface area (Å²) in [6, 6.07) is 1.46. The third-order valence-electron chi connectivity index (χ3n) is 2.12. The van der Waals surface area contributed by atoms with Gasteiger partial charge in [0.15, 0.2) is 11.6 Å².